The van der Waals surface area contributed by atoms with Crippen molar-refractivity contribution in [1.29, 1.82) is 0 Å². The van der Waals surface area contributed by atoms with Crippen LogP contribution in [0.25, 0.3) is 0 Å². The van der Waals surface area contributed by atoms with E-state index in [0.717, 1.165) is 11.5 Å². The molecule has 0 unspecified atom stereocenters. The molecular formula is C15H21NO. The van der Waals surface area contributed by atoms with Crippen LogP contribution in [0.1, 0.15) is 38.7 Å². The molecule has 1 N–H and O–H groups in total. The molecule has 1 aliphatic rings. The first-order chi connectivity index (χ1) is 8.16. The van der Waals surface area contributed by atoms with E-state index in [2.05, 4.69) is 18.8 Å². The molecular weight excluding hydrogens is 210 g/mol. The third kappa shape index (κ3) is 3.09. The quantitative estimate of drug-likeness (QED) is 0.774. The lowest BCUT2D eigenvalue weighted by Crippen LogP contribution is -2.24. The minimum Gasteiger partial charge on any atom is -0.507 e. The van der Waals surface area contributed by atoms with Gasteiger partial charge in [-0.15, -0.1) is 0 Å². The van der Waals surface area contributed by atoms with Crippen LogP contribution in [0.15, 0.2) is 29.3 Å². The van der Waals surface area contributed by atoms with Crippen molar-refractivity contribution in [2.75, 3.05) is 0 Å². The third-order valence-corrected chi connectivity index (χ3v) is 3.73. The number of aliphatic imine (C=N–C) groups is 1. The van der Waals surface area contributed by atoms with Crippen LogP contribution in [0.4, 0.5) is 0 Å². The Morgan fingerprint density at radius 3 is 2.71 bits per heavy atom. The second-order valence-electron chi connectivity index (χ2n) is 5.30. The molecule has 0 radical (unpaired) electrons. The second-order valence-corrected chi connectivity index (χ2v) is 5.30. The number of hydrogen-bond donors (Lipinski definition) is 1. The fourth-order valence-corrected chi connectivity index (χ4v) is 2.64. The number of phenols is 1. The summed E-state index contributed by atoms with van der Waals surface area (Å²) in [4.78, 5) is 4.64. The molecule has 2 rings (SSSR count). The first kappa shape index (κ1) is 12.2. The van der Waals surface area contributed by atoms with Crippen molar-refractivity contribution in [2.45, 2.75) is 39.2 Å². The Labute approximate surface area is 103 Å². The van der Waals surface area contributed by atoms with E-state index in [1.54, 1.807) is 6.07 Å². The third-order valence-electron chi connectivity index (χ3n) is 3.73. The predicted molar refractivity (Wildman–Crippen MR) is 71.7 cm³/mol. The molecule has 1 aromatic rings. The van der Waals surface area contributed by atoms with E-state index in [9.17, 15) is 5.11 Å². The number of hydrogen-bond acceptors (Lipinski definition) is 2. The first-order valence-electron chi connectivity index (χ1n) is 6.48. The second kappa shape index (κ2) is 5.35. The number of benzene rings is 1. The van der Waals surface area contributed by atoms with Crippen molar-refractivity contribution in [3.05, 3.63) is 29.8 Å². The molecule has 1 saturated carbocycles. The van der Waals surface area contributed by atoms with Crippen molar-refractivity contribution >= 4 is 6.21 Å². The van der Waals surface area contributed by atoms with Gasteiger partial charge in [-0.05, 0) is 43.2 Å². The van der Waals surface area contributed by atoms with Crippen LogP contribution in [0, 0.1) is 11.8 Å². The van der Waals surface area contributed by atoms with Crippen LogP contribution < -0.4 is 0 Å². The summed E-state index contributed by atoms with van der Waals surface area (Å²) in [6.45, 7) is 4.60. The maximum atomic E-state index is 9.66. The largest absolute Gasteiger partial charge is 0.507 e. The van der Waals surface area contributed by atoms with Crippen molar-refractivity contribution in [2.24, 2.45) is 16.8 Å². The number of para-hydroxylation sites is 1. The highest BCUT2D eigenvalue weighted by atomic mass is 16.3. The van der Waals surface area contributed by atoms with E-state index in [-0.39, 0.29) is 0 Å². The van der Waals surface area contributed by atoms with Gasteiger partial charge in [0.15, 0.2) is 0 Å². The molecule has 3 atom stereocenters. The summed E-state index contributed by atoms with van der Waals surface area (Å²) in [7, 11) is 0. The normalized spacial score (nSPS) is 29.6. The highest BCUT2D eigenvalue weighted by Gasteiger charge is 2.24. The molecule has 0 heterocycles. The Hall–Kier alpha value is -1.31. The van der Waals surface area contributed by atoms with Gasteiger partial charge in [0.2, 0.25) is 0 Å². The van der Waals surface area contributed by atoms with Gasteiger partial charge < -0.3 is 5.11 Å². The van der Waals surface area contributed by atoms with Crippen LogP contribution in [0.3, 0.4) is 0 Å². The zero-order valence-electron chi connectivity index (χ0n) is 10.6. The summed E-state index contributed by atoms with van der Waals surface area (Å²) in [6.07, 6.45) is 5.54. The van der Waals surface area contributed by atoms with Gasteiger partial charge in [0.1, 0.15) is 5.75 Å². The summed E-state index contributed by atoms with van der Waals surface area (Å²) >= 11 is 0. The van der Waals surface area contributed by atoms with E-state index < -0.39 is 0 Å². The van der Waals surface area contributed by atoms with Crippen molar-refractivity contribution < 1.29 is 5.11 Å². The Balaban J connectivity index is 2.03. The topological polar surface area (TPSA) is 32.6 Å². The van der Waals surface area contributed by atoms with Crippen molar-refractivity contribution in [3.63, 3.8) is 0 Å². The maximum Gasteiger partial charge on any atom is 0.124 e. The van der Waals surface area contributed by atoms with E-state index in [0.29, 0.717) is 17.7 Å². The monoisotopic (exact) mass is 231 g/mol. The molecule has 0 bridgehead atoms. The van der Waals surface area contributed by atoms with E-state index >= 15 is 0 Å². The zero-order chi connectivity index (χ0) is 12.3. The number of phenolic OH excluding ortho intramolecular Hbond substituents is 1. The lowest BCUT2D eigenvalue weighted by molar-refractivity contribution is 0.265. The number of aromatic hydroxyl groups is 1. The minimum absolute atomic E-state index is 0.313. The number of rotatable bonds is 2. The molecule has 2 heteroatoms. The minimum atomic E-state index is 0.313. The van der Waals surface area contributed by atoms with Gasteiger partial charge in [-0.3, -0.25) is 4.99 Å². The summed E-state index contributed by atoms with van der Waals surface area (Å²) < 4.78 is 0. The molecule has 0 saturated heterocycles. The summed E-state index contributed by atoms with van der Waals surface area (Å²) in [5, 5.41) is 9.66. The van der Waals surface area contributed by atoms with Gasteiger partial charge in [-0.1, -0.05) is 26.0 Å². The van der Waals surface area contributed by atoms with Crippen molar-refractivity contribution in [1.82, 2.24) is 0 Å². The Bertz CT molecular complexity index is 400. The standard InChI is InChI=1S/C15H21NO/c1-11-7-8-14(12(2)9-11)16-10-13-5-3-4-6-15(13)17/h3-6,10-12,14,17H,7-9H2,1-2H3/t11-,12-,14+/m1/s1. The molecule has 2 nitrogen and oxygen atoms in total. The summed E-state index contributed by atoms with van der Waals surface area (Å²) in [5.41, 5.74) is 0.818. The van der Waals surface area contributed by atoms with Gasteiger partial charge in [0.05, 0.1) is 6.04 Å². The first-order valence-corrected chi connectivity index (χ1v) is 6.48. The smallest absolute Gasteiger partial charge is 0.124 e. The van der Waals surface area contributed by atoms with Gasteiger partial charge in [-0.2, -0.15) is 0 Å². The SMILES string of the molecule is C[C@@H]1CC[C@H](N=Cc2ccccc2O)[C@H](C)C1. The Morgan fingerprint density at radius 1 is 1.24 bits per heavy atom. The highest BCUT2D eigenvalue weighted by molar-refractivity contribution is 5.83. The van der Waals surface area contributed by atoms with Crippen LogP contribution >= 0.6 is 0 Å². The molecule has 1 aromatic carbocycles. The molecule has 0 amide bonds. The molecule has 0 aliphatic heterocycles. The van der Waals surface area contributed by atoms with Gasteiger partial charge >= 0.3 is 0 Å². The van der Waals surface area contributed by atoms with Crippen LogP contribution in [-0.4, -0.2) is 17.4 Å². The lowest BCUT2D eigenvalue weighted by atomic mass is 9.80. The van der Waals surface area contributed by atoms with E-state index in [4.69, 9.17) is 0 Å². The molecule has 17 heavy (non-hydrogen) atoms. The Kier molecular flexibility index (Phi) is 3.82. The molecule has 92 valence electrons. The summed E-state index contributed by atoms with van der Waals surface area (Å²) in [5.74, 6) is 1.80. The average molecular weight is 231 g/mol. The molecule has 0 aromatic heterocycles. The van der Waals surface area contributed by atoms with E-state index in [1.807, 2.05) is 24.4 Å². The zero-order valence-corrected chi connectivity index (χ0v) is 10.6. The van der Waals surface area contributed by atoms with Gasteiger partial charge in [-0.25, -0.2) is 0 Å². The molecule has 1 fully saturated rings. The van der Waals surface area contributed by atoms with Crippen LogP contribution in [0.2, 0.25) is 0 Å². The average Bonchev–Trinajstić information content (AvgIpc) is 2.30. The predicted octanol–water partition coefficient (Wildman–Crippen LogP) is 3.64. The molecule has 0 spiro atoms. The lowest BCUT2D eigenvalue weighted by Gasteiger charge is -2.29. The maximum absolute atomic E-state index is 9.66. The molecule has 1 aliphatic carbocycles. The summed E-state index contributed by atoms with van der Waals surface area (Å²) in [6, 6.07) is 7.78. The fraction of sp³-hybridized carbons (Fsp3) is 0.533. The van der Waals surface area contributed by atoms with Gasteiger partial charge in [0, 0.05) is 11.8 Å². The fourth-order valence-electron chi connectivity index (χ4n) is 2.64. The van der Waals surface area contributed by atoms with Crippen LogP contribution in [-0.2, 0) is 0 Å². The number of nitrogens with zero attached hydrogens (tertiary/aromatic N) is 1. The van der Waals surface area contributed by atoms with Gasteiger partial charge in [0.25, 0.3) is 0 Å². The van der Waals surface area contributed by atoms with Crippen LogP contribution in [0.5, 0.6) is 5.75 Å². The highest BCUT2D eigenvalue weighted by Crippen LogP contribution is 2.30. The Morgan fingerprint density at radius 2 is 2.00 bits per heavy atom. The van der Waals surface area contributed by atoms with Crippen molar-refractivity contribution in [3.8, 4) is 5.75 Å². The van der Waals surface area contributed by atoms with E-state index in [1.165, 1.54) is 19.3 Å².